The summed E-state index contributed by atoms with van der Waals surface area (Å²) in [6.45, 7) is 6.39. The largest absolute Gasteiger partial charge is 0.207 e. The van der Waals surface area contributed by atoms with Crippen molar-refractivity contribution in [2.75, 3.05) is 0 Å². The maximum absolute atomic E-state index is 13.0. The fraction of sp³-hybridized carbons (Fsp3) is 0.500. The maximum Gasteiger partial charge on any atom is 0.123 e. The normalized spacial score (nSPS) is 14.1. The lowest BCUT2D eigenvalue weighted by Gasteiger charge is -2.26. The van der Waals surface area contributed by atoms with Gasteiger partial charge >= 0.3 is 0 Å². The van der Waals surface area contributed by atoms with Crippen LogP contribution in [0.2, 0.25) is 0 Å². The first-order chi connectivity index (χ1) is 6.42. The van der Waals surface area contributed by atoms with Gasteiger partial charge in [0.2, 0.25) is 0 Å². The fourth-order valence-electron chi connectivity index (χ4n) is 1.73. The summed E-state index contributed by atoms with van der Waals surface area (Å²) in [5, 5.41) is 0. The number of rotatable bonds is 3. The standard InChI is InChI=1S/C12H16BrF/c1-9(13)8-12(2,3)10-5-4-6-11(14)7-10/h4-7,9H,8H2,1-3H3. The van der Waals surface area contributed by atoms with Crippen LogP contribution in [0.25, 0.3) is 0 Å². The SMILES string of the molecule is CC(Br)CC(C)(C)c1cccc(F)c1. The van der Waals surface area contributed by atoms with Gasteiger partial charge in [0.25, 0.3) is 0 Å². The minimum atomic E-state index is -0.155. The third-order valence-corrected chi connectivity index (χ3v) is 2.72. The van der Waals surface area contributed by atoms with Crippen molar-refractivity contribution in [2.24, 2.45) is 0 Å². The monoisotopic (exact) mass is 258 g/mol. The molecule has 0 aromatic heterocycles. The van der Waals surface area contributed by atoms with Gasteiger partial charge in [0.1, 0.15) is 5.82 Å². The Hall–Kier alpha value is -0.370. The van der Waals surface area contributed by atoms with E-state index >= 15 is 0 Å². The zero-order chi connectivity index (χ0) is 10.8. The number of benzene rings is 1. The van der Waals surface area contributed by atoms with Crippen LogP contribution in [0.3, 0.4) is 0 Å². The predicted molar refractivity (Wildman–Crippen MR) is 62.4 cm³/mol. The Labute approximate surface area is 93.7 Å². The molecule has 14 heavy (non-hydrogen) atoms. The first-order valence-electron chi connectivity index (χ1n) is 4.82. The lowest BCUT2D eigenvalue weighted by atomic mass is 9.81. The Morgan fingerprint density at radius 1 is 1.43 bits per heavy atom. The van der Waals surface area contributed by atoms with Crippen molar-refractivity contribution in [3.05, 3.63) is 35.6 Å². The van der Waals surface area contributed by atoms with Crippen LogP contribution in [0.5, 0.6) is 0 Å². The summed E-state index contributed by atoms with van der Waals surface area (Å²) in [5.41, 5.74) is 1.08. The van der Waals surface area contributed by atoms with Crippen molar-refractivity contribution in [3.63, 3.8) is 0 Å². The summed E-state index contributed by atoms with van der Waals surface area (Å²) in [6.07, 6.45) is 0.996. The van der Waals surface area contributed by atoms with Gasteiger partial charge in [0.05, 0.1) is 0 Å². The van der Waals surface area contributed by atoms with E-state index in [1.54, 1.807) is 12.1 Å². The van der Waals surface area contributed by atoms with E-state index in [4.69, 9.17) is 0 Å². The molecular formula is C12H16BrF. The summed E-state index contributed by atoms with van der Waals surface area (Å²) in [5.74, 6) is -0.155. The molecule has 78 valence electrons. The second-order valence-corrected chi connectivity index (χ2v) is 5.94. The molecule has 0 saturated heterocycles. The molecule has 1 rings (SSSR count). The number of halogens is 2. The predicted octanol–water partition coefficient (Wildman–Crippen LogP) is 4.28. The van der Waals surface area contributed by atoms with Gasteiger partial charge in [-0.1, -0.05) is 48.8 Å². The van der Waals surface area contributed by atoms with Gasteiger partial charge < -0.3 is 0 Å². The van der Waals surface area contributed by atoms with E-state index in [0.29, 0.717) is 4.83 Å². The van der Waals surface area contributed by atoms with Crippen LogP contribution in [0.4, 0.5) is 4.39 Å². The van der Waals surface area contributed by atoms with Crippen LogP contribution in [0.15, 0.2) is 24.3 Å². The molecule has 1 unspecified atom stereocenters. The number of hydrogen-bond acceptors (Lipinski definition) is 0. The first kappa shape index (κ1) is 11.7. The number of alkyl halides is 1. The maximum atomic E-state index is 13.0. The van der Waals surface area contributed by atoms with Crippen LogP contribution in [0.1, 0.15) is 32.8 Å². The third-order valence-electron chi connectivity index (χ3n) is 2.40. The second-order valence-electron chi connectivity index (χ2n) is 4.38. The molecule has 0 amide bonds. The van der Waals surface area contributed by atoms with E-state index in [1.165, 1.54) is 6.07 Å². The van der Waals surface area contributed by atoms with Gasteiger partial charge in [-0.05, 0) is 29.5 Å². The molecule has 0 nitrogen and oxygen atoms in total. The first-order valence-corrected chi connectivity index (χ1v) is 5.73. The summed E-state index contributed by atoms with van der Waals surface area (Å²) >= 11 is 3.53. The summed E-state index contributed by atoms with van der Waals surface area (Å²) in [4.78, 5) is 0.445. The quantitative estimate of drug-likeness (QED) is 0.711. The molecule has 0 aliphatic rings. The Kier molecular flexibility index (Phi) is 3.71. The molecule has 0 aliphatic heterocycles. The van der Waals surface area contributed by atoms with Crippen LogP contribution in [0, 0.1) is 5.82 Å². The Morgan fingerprint density at radius 2 is 2.07 bits per heavy atom. The molecule has 1 atom stereocenters. The molecule has 0 N–H and O–H groups in total. The zero-order valence-electron chi connectivity index (χ0n) is 8.85. The minimum absolute atomic E-state index is 0.0189. The molecule has 0 fully saturated rings. The fourth-order valence-corrected chi connectivity index (χ4v) is 2.54. The lowest BCUT2D eigenvalue weighted by molar-refractivity contribution is 0.478. The van der Waals surface area contributed by atoms with E-state index in [2.05, 4.69) is 36.7 Å². The Balaban J connectivity index is 2.91. The van der Waals surface area contributed by atoms with Crippen molar-refractivity contribution in [3.8, 4) is 0 Å². The Bertz CT molecular complexity index is 305. The van der Waals surface area contributed by atoms with E-state index in [0.717, 1.165) is 12.0 Å². The molecule has 1 aromatic rings. The molecule has 0 spiro atoms. The van der Waals surface area contributed by atoms with Crippen molar-refractivity contribution in [2.45, 2.75) is 37.4 Å². The van der Waals surface area contributed by atoms with E-state index < -0.39 is 0 Å². The third kappa shape index (κ3) is 3.09. The molecular weight excluding hydrogens is 243 g/mol. The van der Waals surface area contributed by atoms with E-state index in [9.17, 15) is 4.39 Å². The highest BCUT2D eigenvalue weighted by Gasteiger charge is 2.22. The van der Waals surface area contributed by atoms with E-state index in [-0.39, 0.29) is 11.2 Å². The zero-order valence-corrected chi connectivity index (χ0v) is 10.4. The molecule has 0 radical (unpaired) electrons. The second kappa shape index (κ2) is 4.43. The van der Waals surface area contributed by atoms with Crippen LogP contribution < -0.4 is 0 Å². The van der Waals surface area contributed by atoms with Crippen LogP contribution in [-0.2, 0) is 5.41 Å². The van der Waals surface area contributed by atoms with Crippen molar-refractivity contribution in [1.29, 1.82) is 0 Å². The van der Waals surface area contributed by atoms with Gasteiger partial charge in [0, 0.05) is 4.83 Å². The highest BCUT2D eigenvalue weighted by atomic mass is 79.9. The van der Waals surface area contributed by atoms with Crippen molar-refractivity contribution >= 4 is 15.9 Å². The van der Waals surface area contributed by atoms with Crippen molar-refractivity contribution in [1.82, 2.24) is 0 Å². The van der Waals surface area contributed by atoms with E-state index in [1.807, 2.05) is 6.07 Å². The summed E-state index contributed by atoms with van der Waals surface area (Å²) in [7, 11) is 0. The molecule has 2 heteroatoms. The van der Waals surface area contributed by atoms with Gasteiger partial charge in [-0.3, -0.25) is 0 Å². The van der Waals surface area contributed by atoms with Crippen molar-refractivity contribution < 1.29 is 4.39 Å². The smallest absolute Gasteiger partial charge is 0.123 e. The van der Waals surface area contributed by atoms with Crippen LogP contribution >= 0.6 is 15.9 Å². The minimum Gasteiger partial charge on any atom is -0.207 e. The van der Waals surface area contributed by atoms with Gasteiger partial charge in [-0.25, -0.2) is 4.39 Å². The molecule has 0 bridgehead atoms. The highest BCUT2D eigenvalue weighted by molar-refractivity contribution is 9.09. The van der Waals surface area contributed by atoms with Crippen LogP contribution in [-0.4, -0.2) is 4.83 Å². The lowest BCUT2D eigenvalue weighted by Crippen LogP contribution is -2.20. The highest BCUT2D eigenvalue weighted by Crippen LogP contribution is 2.30. The Morgan fingerprint density at radius 3 is 2.57 bits per heavy atom. The van der Waals surface area contributed by atoms with Gasteiger partial charge in [0.15, 0.2) is 0 Å². The number of hydrogen-bond donors (Lipinski definition) is 0. The van der Waals surface area contributed by atoms with Gasteiger partial charge in [-0.15, -0.1) is 0 Å². The molecule has 0 aliphatic carbocycles. The summed E-state index contributed by atoms with van der Waals surface area (Å²) in [6, 6.07) is 6.86. The molecule has 1 aromatic carbocycles. The average molecular weight is 259 g/mol. The molecule has 0 saturated carbocycles. The van der Waals surface area contributed by atoms with Gasteiger partial charge in [-0.2, -0.15) is 0 Å². The topological polar surface area (TPSA) is 0 Å². The average Bonchev–Trinajstić information content (AvgIpc) is 2.01. The molecule has 0 heterocycles. The summed E-state index contributed by atoms with van der Waals surface area (Å²) < 4.78 is 13.0.